The molecule has 0 unspecified atom stereocenters. The summed E-state index contributed by atoms with van der Waals surface area (Å²) < 4.78 is 36.4. The fourth-order valence-electron chi connectivity index (χ4n) is 2.92. The Morgan fingerprint density at radius 2 is 1.62 bits per heavy atom. The third kappa shape index (κ3) is 11.6. The van der Waals surface area contributed by atoms with Crippen molar-refractivity contribution in [3.63, 3.8) is 0 Å². The number of carbonyl (C=O) groups is 4. The lowest BCUT2D eigenvalue weighted by Gasteiger charge is -2.21. The Kier molecular flexibility index (Phi) is 11.4. The molecule has 1 aromatic carbocycles. The maximum Gasteiger partial charge on any atom is 0.407 e. The third-order valence-corrected chi connectivity index (χ3v) is 4.45. The van der Waals surface area contributed by atoms with E-state index >= 15 is 0 Å². The molecule has 11 heteroatoms. The molecule has 0 fully saturated rings. The molecule has 0 spiro atoms. The van der Waals surface area contributed by atoms with Crippen molar-refractivity contribution in [3.05, 3.63) is 35.4 Å². The van der Waals surface area contributed by atoms with E-state index in [0.29, 0.717) is 25.5 Å². The normalized spacial score (nSPS) is 12.8. The quantitative estimate of drug-likeness (QED) is 0.327. The summed E-state index contributed by atoms with van der Waals surface area (Å²) in [5.74, 6) is -3.51. The number of halogens is 2. The third-order valence-electron chi connectivity index (χ3n) is 4.45. The number of hydrogen-bond acceptors (Lipinski definition) is 6. The summed E-state index contributed by atoms with van der Waals surface area (Å²) >= 11 is 0. The Morgan fingerprint density at radius 1 is 1.00 bits per heavy atom. The predicted octanol–water partition coefficient (Wildman–Crippen LogP) is 2.36. The minimum atomic E-state index is -1.01. The smallest absolute Gasteiger partial charge is 0.407 e. The average Bonchev–Trinajstić information content (AvgIpc) is 2.69. The van der Waals surface area contributed by atoms with Crippen molar-refractivity contribution < 1.29 is 37.4 Å². The van der Waals surface area contributed by atoms with Crippen molar-refractivity contribution in [3.8, 4) is 0 Å². The number of amides is 3. The summed E-state index contributed by atoms with van der Waals surface area (Å²) in [6.07, 6.45) is 0.395. The summed E-state index contributed by atoms with van der Waals surface area (Å²) in [5.41, 5.74) is -0.487. The maximum absolute atomic E-state index is 13.3. The molecule has 0 bridgehead atoms. The van der Waals surface area contributed by atoms with Gasteiger partial charge in [0, 0.05) is 12.6 Å². The van der Waals surface area contributed by atoms with E-state index in [1.54, 1.807) is 20.8 Å². The largest absolute Gasteiger partial charge is 0.467 e. The van der Waals surface area contributed by atoms with E-state index in [4.69, 9.17) is 9.47 Å². The second-order valence-corrected chi connectivity index (χ2v) is 8.75. The summed E-state index contributed by atoms with van der Waals surface area (Å²) in [4.78, 5) is 48.3. The molecule has 0 heterocycles. The van der Waals surface area contributed by atoms with E-state index in [2.05, 4.69) is 16.0 Å². The summed E-state index contributed by atoms with van der Waals surface area (Å²) in [6, 6.07) is 0.789. The number of carbonyl (C=O) groups excluding carboxylic acids is 4. The van der Waals surface area contributed by atoms with E-state index in [1.807, 2.05) is 0 Å². The zero-order valence-electron chi connectivity index (χ0n) is 20.1. The minimum Gasteiger partial charge on any atom is -0.467 e. The first-order valence-corrected chi connectivity index (χ1v) is 10.9. The van der Waals surface area contributed by atoms with Crippen LogP contribution in [0.5, 0.6) is 0 Å². The Hall–Kier alpha value is -3.24. The van der Waals surface area contributed by atoms with Crippen LogP contribution in [0.25, 0.3) is 0 Å². The van der Waals surface area contributed by atoms with Crippen LogP contribution in [0.3, 0.4) is 0 Å². The van der Waals surface area contributed by atoms with Crippen LogP contribution < -0.4 is 16.0 Å². The van der Waals surface area contributed by atoms with Gasteiger partial charge in [0.2, 0.25) is 11.8 Å². The highest BCUT2D eigenvalue weighted by atomic mass is 19.1. The number of rotatable bonds is 11. The molecule has 34 heavy (non-hydrogen) atoms. The van der Waals surface area contributed by atoms with Gasteiger partial charge in [-0.05, 0) is 64.7 Å². The Morgan fingerprint density at radius 3 is 2.18 bits per heavy atom. The molecule has 9 nitrogen and oxygen atoms in total. The molecule has 0 aromatic heterocycles. The van der Waals surface area contributed by atoms with E-state index < -0.39 is 53.2 Å². The molecule has 0 aliphatic heterocycles. The molecule has 0 saturated carbocycles. The second kappa shape index (κ2) is 13.5. The molecule has 3 amide bonds. The van der Waals surface area contributed by atoms with Gasteiger partial charge < -0.3 is 25.4 Å². The number of benzene rings is 1. The van der Waals surface area contributed by atoms with E-state index in [9.17, 15) is 28.0 Å². The molecule has 190 valence electrons. The zero-order valence-corrected chi connectivity index (χ0v) is 20.1. The van der Waals surface area contributed by atoms with E-state index in [-0.39, 0.29) is 18.4 Å². The van der Waals surface area contributed by atoms with Crippen molar-refractivity contribution >= 4 is 23.9 Å². The van der Waals surface area contributed by atoms with Gasteiger partial charge in [-0.3, -0.25) is 9.59 Å². The second-order valence-electron chi connectivity index (χ2n) is 8.75. The van der Waals surface area contributed by atoms with Crippen molar-refractivity contribution in [2.75, 3.05) is 13.7 Å². The highest BCUT2D eigenvalue weighted by Crippen LogP contribution is 2.09. The molecule has 0 aliphatic carbocycles. The molecular weight excluding hydrogens is 452 g/mol. The summed E-state index contributed by atoms with van der Waals surface area (Å²) in [5, 5.41) is 7.56. The monoisotopic (exact) mass is 485 g/mol. The van der Waals surface area contributed by atoms with Crippen LogP contribution in [0, 0.1) is 11.6 Å². The van der Waals surface area contributed by atoms with Crippen LogP contribution >= 0.6 is 0 Å². The van der Waals surface area contributed by atoms with Gasteiger partial charge in [-0.15, -0.1) is 0 Å². The highest BCUT2D eigenvalue weighted by molar-refractivity contribution is 5.90. The summed E-state index contributed by atoms with van der Waals surface area (Å²) in [6.45, 7) is 6.99. The number of hydrogen-bond donors (Lipinski definition) is 3. The first kappa shape index (κ1) is 28.8. The molecule has 3 N–H and O–H groups in total. The lowest BCUT2D eigenvalue weighted by molar-refractivity contribution is -0.145. The average molecular weight is 486 g/mol. The van der Waals surface area contributed by atoms with Crippen LogP contribution in [0.1, 0.15) is 52.5 Å². The zero-order chi connectivity index (χ0) is 25.9. The standard InChI is InChI=1S/C23H33F2N3O6/c1-14(27-19(29)12-15-10-16(24)13-17(25)11-15)20(30)28-18(21(31)33-5)8-6-7-9-26-22(32)34-23(2,3)4/h10-11,13-14,18H,6-9,12H2,1-5H3,(H,26,32)(H,27,29)(H,28,30)/t14-,18-/m0/s1. The number of alkyl carbamates (subject to hydrolysis) is 1. The van der Waals surface area contributed by atoms with Crippen molar-refractivity contribution in [2.24, 2.45) is 0 Å². The SMILES string of the molecule is COC(=O)[C@H](CCCCNC(=O)OC(C)(C)C)NC(=O)[C@H](C)NC(=O)Cc1cc(F)cc(F)c1. The van der Waals surface area contributed by atoms with Crippen molar-refractivity contribution in [2.45, 2.75) is 71.1 Å². The molecule has 0 saturated heterocycles. The van der Waals surface area contributed by atoms with Crippen LogP contribution in [0.15, 0.2) is 18.2 Å². The minimum absolute atomic E-state index is 0.120. The number of ether oxygens (including phenoxy) is 2. The molecule has 1 aromatic rings. The van der Waals surface area contributed by atoms with Gasteiger partial charge in [0.25, 0.3) is 0 Å². The molecule has 0 radical (unpaired) electrons. The Bertz CT molecular complexity index is 853. The van der Waals surface area contributed by atoms with Crippen LogP contribution in [0.2, 0.25) is 0 Å². The Balaban J connectivity index is 2.50. The number of nitrogens with one attached hydrogen (secondary N) is 3. The van der Waals surface area contributed by atoms with Gasteiger partial charge in [0.05, 0.1) is 13.5 Å². The maximum atomic E-state index is 13.3. The van der Waals surface area contributed by atoms with Gasteiger partial charge in [0.15, 0.2) is 0 Å². The van der Waals surface area contributed by atoms with Gasteiger partial charge >= 0.3 is 12.1 Å². The molecular formula is C23H33F2N3O6. The fraction of sp³-hybridized carbons (Fsp3) is 0.565. The van der Waals surface area contributed by atoms with E-state index in [0.717, 1.165) is 12.1 Å². The Labute approximate surface area is 197 Å². The highest BCUT2D eigenvalue weighted by Gasteiger charge is 2.25. The first-order valence-electron chi connectivity index (χ1n) is 10.9. The topological polar surface area (TPSA) is 123 Å². The van der Waals surface area contributed by atoms with Crippen LogP contribution in [0.4, 0.5) is 13.6 Å². The molecule has 2 atom stereocenters. The number of esters is 1. The number of unbranched alkanes of at least 4 members (excludes halogenated alkanes) is 1. The molecule has 0 aliphatic rings. The van der Waals surface area contributed by atoms with E-state index in [1.165, 1.54) is 14.0 Å². The van der Waals surface area contributed by atoms with Gasteiger partial charge in [-0.25, -0.2) is 18.4 Å². The van der Waals surface area contributed by atoms with Crippen molar-refractivity contribution in [1.29, 1.82) is 0 Å². The van der Waals surface area contributed by atoms with Crippen LogP contribution in [-0.2, 0) is 30.3 Å². The lowest BCUT2D eigenvalue weighted by Crippen LogP contribution is -2.50. The molecule has 1 rings (SSSR count). The predicted molar refractivity (Wildman–Crippen MR) is 120 cm³/mol. The lowest BCUT2D eigenvalue weighted by atomic mass is 10.1. The van der Waals surface area contributed by atoms with Crippen LogP contribution in [-0.4, -0.2) is 55.2 Å². The van der Waals surface area contributed by atoms with Gasteiger partial charge in [-0.1, -0.05) is 0 Å². The van der Waals surface area contributed by atoms with Crippen molar-refractivity contribution in [1.82, 2.24) is 16.0 Å². The van der Waals surface area contributed by atoms with Gasteiger partial charge in [-0.2, -0.15) is 0 Å². The number of methoxy groups -OCH3 is 1. The van der Waals surface area contributed by atoms with Gasteiger partial charge in [0.1, 0.15) is 29.3 Å². The fourth-order valence-corrected chi connectivity index (χ4v) is 2.92. The first-order chi connectivity index (χ1) is 15.8. The summed E-state index contributed by atoms with van der Waals surface area (Å²) in [7, 11) is 1.19.